The summed E-state index contributed by atoms with van der Waals surface area (Å²) >= 11 is 0. The lowest BCUT2D eigenvalue weighted by molar-refractivity contribution is -0.136. The van der Waals surface area contributed by atoms with Crippen LogP contribution >= 0.6 is 0 Å². The molecule has 0 unspecified atom stereocenters. The fourth-order valence-corrected chi connectivity index (χ4v) is 3.39. The fourth-order valence-electron chi connectivity index (χ4n) is 3.39. The minimum atomic E-state index is -0.865. The third-order valence-corrected chi connectivity index (χ3v) is 5.16. The van der Waals surface area contributed by atoms with Crippen LogP contribution in [0.1, 0.15) is 37.8 Å². The van der Waals surface area contributed by atoms with Gasteiger partial charge in [-0.2, -0.15) is 0 Å². The van der Waals surface area contributed by atoms with E-state index in [1.54, 1.807) is 24.3 Å². The van der Waals surface area contributed by atoms with Gasteiger partial charge < -0.3 is 14.7 Å². The molecule has 0 saturated carbocycles. The van der Waals surface area contributed by atoms with E-state index in [1.165, 1.54) is 11.1 Å². The van der Waals surface area contributed by atoms with Gasteiger partial charge in [-0.15, -0.1) is 0 Å². The molecule has 0 aromatic heterocycles. The lowest BCUT2D eigenvalue weighted by Gasteiger charge is -2.11. The number of carboxylic acids is 1. The Morgan fingerprint density at radius 3 is 2.33 bits per heavy atom. The topological polar surface area (TPSA) is 68.1 Å². The molecule has 0 bridgehead atoms. The largest absolute Gasteiger partial charge is 0.490 e. The van der Waals surface area contributed by atoms with Gasteiger partial charge in [0.15, 0.2) is 6.61 Å². The molecule has 0 amide bonds. The summed E-state index contributed by atoms with van der Waals surface area (Å²) in [5.74, 6) is 0.327. The highest BCUT2D eigenvalue weighted by Gasteiger charge is 2.08. The highest BCUT2D eigenvalue weighted by Crippen LogP contribution is 2.21. The first kappa shape index (κ1) is 24.1. The summed E-state index contributed by atoms with van der Waals surface area (Å²) in [6, 6.07) is 25.8. The fraction of sp³-hybridized carbons (Fsp3) is 0.286. The minimum absolute atomic E-state index is 0.0275. The van der Waals surface area contributed by atoms with E-state index in [-0.39, 0.29) is 6.42 Å². The van der Waals surface area contributed by atoms with Gasteiger partial charge in [-0.05, 0) is 53.1 Å². The second-order valence-electron chi connectivity index (χ2n) is 8.31. The van der Waals surface area contributed by atoms with E-state index in [0.29, 0.717) is 30.4 Å². The molecule has 5 heteroatoms. The average Bonchev–Trinajstić information content (AvgIpc) is 2.81. The number of nitrogens with zero attached hydrogens (tertiary/aromatic N) is 1. The number of rotatable bonds is 12. The van der Waals surface area contributed by atoms with E-state index in [2.05, 4.69) is 55.4 Å². The predicted molar refractivity (Wildman–Crippen MR) is 132 cm³/mol. The van der Waals surface area contributed by atoms with Crippen LogP contribution in [0.15, 0.2) is 84.0 Å². The van der Waals surface area contributed by atoms with Gasteiger partial charge in [-0.3, -0.25) is 4.79 Å². The molecule has 0 aliphatic carbocycles. The van der Waals surface area contributed by atoms with Crippen LogP contribution in [0.4, 0.5) is 0 Å². The van der Waals surface area contributed by atoms with Gasteiger partial charge >= 0.3 is 5.97 Å². The number of hydrogen-bond acceptors (Lipinski definition) is 4. The van der Waals surface area contributed by atoms with Crippen molar-refractivity contribution in [3.05, 3.63) is 90.0 Å². The van der Waals surface area contributed by atoms with Crippen LogP contribution in [-0.2, 0) is 16.1 Å². The van der Waals surface area contributed by atoms with Gasteiger partial charge in [0, 0.05) is 0 Å². The van der Waals surface area contributed by atoms with Gasteiger partial charge in [0.05, 0.1) is 12.1 Å². The molecule has 0 spiro atoms. The van der Waals surface area contributed by atoms with E-state index in [9.17, 15) is 4.79 Å². The Balaban J connectivity index is 1.59. The molecular formula is C28H31NO4. The first-order chi connectivity index (χ1) is 16.0. The van der Waals surface area contributed by atoms with E-state index < -0.39 is 5.97 Å². The normalized spacial score (nSPS) is 11.4. The molecule has 0 saturated heterocycles. The summed E-state index contributed by atoms with van der Waals surface area (Å²) in [6.07, 6.45) is 1.83. The van der Waals surface area contributed by atoms with Crippen LogP contribution in [0.5, 0.6) is 5.75 Å². The molecule has 0 atom stereocenters. The van der Waals surface area contributed by atoms with E-state index in [1.807, 2.05) is 18.2 Å². The lowest BCUT2D eigenvalue weighted by atomic mass is 9.98. The second kappa shape index (κ2) is 12.4. The average molecular weight is 446 g/mol. The summed E-state index contributed by atoms with van der Waals surface area (Å²) < 4.78 is 5.69. The van der Waals surface area contributed by atoms with Gasteiger partial charge in [0.2, 0.25) is 0 Å². The minimum Gasteiger partial charge on any atom is -0.490 e. The molecule has 33 heavy (non-hydrogen) atoms. The van der Waals surface area contributed by atoms with Crippen molar-refractivity contribution in [3.63, 3.8) is 0 Å². The summed E-state index contributed by atoms with van der Waals surface area (Å²) in [6.45, 7) is 5.02. The molecule has 172 valence electrons. The van der Waals surface area contributed by atoms with Crippen LogP contribution in [0.2, 0.25) is 0 Å². The third kappa shape index (κ3) is 8.11. The number of carboxylic acid groups (broad SMARTS) is 1. The maximum absolute atomic E-state index is 10.9. The quantitative estimate of drug-likeness (QED) is 0.204. The second-order valence-corrected chi connectivity index (χ2v) is 8.31. The Bertz CT molecular complexity index is 1040. The standard InChI is InChI=1S/C28H31NO4/c1-21(2)11-16-27(25-14-12-24(13-15-25)23-8-4-3-5-9-23)29-33-18-17-32-26-10-6-7-22(19-26)20-28(30)31/h3-10,12-15,19,21H,11,16-18,20H2,1-2H3,(H,30,31)/b29-27+. The molecule has 3 aromatic carbocycles. The Labute approximate surface area is 195 Å². The highest BCUT2D eigenvalue weighted by atomic mass is 16.6. The number of hydrogen-bond donors (Lipinski definition) is 1. The van der Waals surface area contributed by atoms with Crippen molar-refractivity contribution in [1.82, 2.24) is 0 Å². The molecule has 5 nitrogen and oxygen atoms in total. The van der Waals surface area contributed by atoms with Crippen LogP contribution in [0, 0.1) is 5.92 Å². The molecule has 3 rings (SSSR count). The number of ether oxygens (including phenoxy) is 1. The summed E-state index contributed by atoms with van der Waals surface area (Å²) in [5.41, 5.74) is 5.03. The monoisotopic (exact) mass is 445 g/mol. The van der Waals surface area contributed by atoms with Crippen molar-refractivity contribution in [3.8, 4) is 16.9 Å². The van der Waals surface area contributed by atoms with Crippen molar-refractivity contribution in [2.75, 3.05) is 13.2 Å². The predicted octanol–water partition coefficient (Wildman–Crippen LogP) is 6.22. The molecule has 0 heterocycles. The molecular weight excluding hydrogens is 414 g/mol. The number of carbonyl (C=O) groups is 1. The van der Waals surface area contributed by atoms with Crippen LogP contribution in [-0.4, -0.2) is 30.0 Å². The van der Waals surface area contributed by atoms with Gasteiger partial charge in [0.1, 0.15) is 12.4 Å². The molecule has 0 radical (unpaired) electrons. The molecule has 0 aliphatic heterocycles. The van der Waals surface area contributed by atoms with Gasteiger partial charge in [-0.1, -0.05) is 85.7 Å². The number of oxime groups is 1. The third-order valence-electron chi connectivity index (χ3n) is 5.16. The van der Waals surface area contributed by atoms with Gasteiger partial charge in [-0.25, -0.2) is 0 Å². The van der Waals surface area contributed by atoms with E-state index in [0.717, 1.165) is 24.1 Å². The Hall–Kier alpha value is -3.60. The zero-order chi connectivity index (χ0) is 23.5. The maximum atomic E-state index is 10.9. The molecule has 0 fully saturated rings. The lowest BCUT2D eigenvalue weighted by Crippen LogP contribution is -2.08. The Morgan fingerprint density at radius 1 is 0.909 bits per heavy atom. The Morgan fingerprint density at radius 2 is 1.64 bits per heavy atom. The summed E-state index contributed by atoms with van der Waals surface area (Å²) in [5, 5.41) is 13.3. The highest BCUT2D eigenvalue weighted by molar-refractivity contribution is 6.00. The maximum Gasteiger partial charge on any atom is 0.307 e. The molecule has 3 aromatic rings. The number of aliphatic carboxylic acids is 1. The smallest absolute Gasteiger partial charge is 0.307 e. The van der Waals surface area contributed by atoms with Crippen molar-refractivity contribution in [1.29, 1.82) is 0 Å². The summed E-state index contributed by atoms with van der Waals surface area (Å²) in [7, 11) is 0. The zero-order valence-corrected chi connectivity index (χ0v) is 19.2. The first-order valence-corrected chi connectivity index (χ1v) is 11.3. The van der Waals surface area contributed by atoms with E-state index >= 15 is 0 Å². The first-order valence-electron chi connectivity index (χ1n) is 11.3. The van der Waals surface area contributed by atoms with Gasteiger partial charge in [0.25, 0.3) is 0 Å². The Kier molecular flexibility index (Phi) is 9.07. The molecule has 1 N–H and O–H groups in total. The molecule has 0 aliphatic rings. The van der Waals surface area contributed by atoms with Crippen molar-refractivity contribution in [2.45, 2.75) is 33.1 Å². The van der Waals surface area contributed by atoms with E-state index in [4.69, 9.17) is 14.7 Å². The zero-order valence-electron chi connectivity index (χ0n) is 19.2. The van der Waals surface area contributed by atoms with Crippen molar-refractivity contribution in [2.24, 2.45) is 11.1 Å². The van der Waals surface area contributed by atoms with Crippen molar-refractivity contribution >= 4 is 11.7 Å². The van der Waals surface area contributed by atoms with Crippen molar-refractivity contribution < 1.29 is 19.5 Å². The van der Waals surface area contributed by atoms with Crippen LogP contribution in [0.25, 0.3) is 11.1 Å². The summed E-state index contributed by atoms with van der Waals surface area (Å²) in [4.78, 5) is 16.5. The SMILES string of the molecule is CC(C)CC/C(=N\OCCOc1cccc(CC(=O)O)c1)c1ccc(-c2ccccc2)cc1. The number of benzene rings is 3. The van der Waals surface area contributed by atoms with Crippen LogP contribution < -0.4 is 4.74 Å². The van der Waals surface area contributed by atoms with Crippen LogP contribution in [0.3, 0.4) is 0 Å².